The van der Waals surface area contributed by atoms with Gasteiger partial charge in [-0.1, -0.05) is 30.3 Å². The molecule has 4 nitrogen and oxygen atoms in total. The summed E-state index contributed by atoms with van der Waals surface area (Å²) in [6.45, 7) is 0.876. The molecule has 3 rings (SSSR count). The highest BCUT2D eigenvalue weighted by Crippen LogP contribution is 2.28. The van der Waals surface area contributed by atoms with Crippen LogP contribution in [0.2, 0.25) is 0 Å². The van der Waals surface area contributed by atoms with Crippen LogP contribution in [0.3, 0.4) is 0 Å². The van der Waals surface area contributed by atoms with Crippen molar-refractivity contribution in [1.82, 2.24) is 4.90 Å². The lowest BCUT2D eigenvalue weighted by Crippen LogP contribution is -2.46. The van der Waals surface area contributed by atoms with Crippen molar-refractivity contribution in [2.24, 2.45) is 0 Å². The Bertz CT molecular complexity index is 674. The topological polar surface area (TPSA) is 35.9 Å². The van der Waals surface area contributed by atoms with Crippen molar-refractivity contribution in [3.63, 3.8) is 0 Å². The van der Waals surface area contributed by atoms with Crippen LogP contribution in [0.15, 0.2) is 48.5 Å². The number of aromatic hydroxyl groups is 1. The van der Waals surface area contributed by atoms with Gasteiger partial charge < -0.3 is 14.7 Å². The number of anilines is 1. The van der Waals surface area contributed by atoms with Crippen molar-refractivity contribution in [1.29, 1.82) is 0 Å². The Balaban J connectivity index is 1.61. The first-order valence-electron chi connectivity index (χ1n) is 7.91. The van der Waals surface area contributed by atoms with E-state index >= 15 is 0 Å². The Labute approximate surface area is 139 Å². The highest BCUT2D eigenvalue weighted by Gasteiger charge is 2.20. The van der Waals surface area contributed by atoms with E-state index in [1.54, 1.807) is 24.3 Å². The molecule has 0 bridgehead atoms. The number of para-hydroxylation sites is 3. The van der Waals surface area contributed by atoms with Crippen LogP contribution in [0.4, 0.5) is 14.5 Å². The van der Waals surface area contributed by atoms with Gasteiger partial charge in [0.25, 0.3) is 0 Å². The number of alkyl halides is 2. The molecule has 0 atom stereocenters. The molecular formula is C18H20F2N2O2. The summed E-state index contributed by atoms with van der Waals surface area (Å²) >= 11 is 0. The molecule has 0 radical (unpaired) electrons. The fourth-order valence-corrected chi connectivity index (χ4v) is 2.96. The summed E-state index contributed by atoms with van der Waals surface area (Å²) in [6.07, 6.45) is 0. The Morgan fingerprint density at radius 3 is 2.33 bits per heavy atom. The Kier molecular flexibility index (Phi) is 5.15. The maximum atomic E-state index is 12.5. The summed E-state index contributed by atoms with van der Waals surface area (Å²) < 4.78 is 29.6. The summed E-state index contributed by atoms with van der Waals surface area (Å²) in [4.78, 5) is 4.33. The fraction of sp³-hybridized carbons (Fsp3) is 0.333. The van der Waals surface area contributed by atoms with Gasteiger partial charge in [0.1, 0.15) is 11.5 Å². The van der Waals surface area contributed by atoms with E-state index in [2.05, 4.69) is 14.5 Å². The highest BCUT2D eigenvalue weighted by atomic mass is 19.3. The third-order valence-electron chi connectivity index (χ3n) is 4.18. The average molecular weight is 334 g/mol. The molecule has 0 saturated carbocycles. The molecule has 0 aromatic heterocycles. The number of halogens is 2. The van der Waals surface area contributed by atoms with E-state index in [1.165, 1.54) is 0 Å². The molecule has 6 heteroatoms. The van der Waals surface area contributed by atoms with Crippen molar-refractivity contribution < 1.29 is 18.6 Å². The van der Waals surface area contributed by atoms with E-state index in [-0.39, 0.29) is 11.5 Å². The number of phenols is 1. The predicted octanol–water partition coefficient (Wildman–Crippen LogP) is 3.32. The van der Waals surface area contributed by atoms with Gasteiger partial charge in [0.05, 0.1) is 5.69 Å². The van der Waals surface area contributed by atoms with Crippen molar-refractivity contribution in [3.8, 4) is 11.5 Å². The standard InChI is InChI=1S/C18H20F2N2O2/c19-18(20)24-17-8-4-1-5-14(17)13-21-9-11-22(12-10-21)15-6-2-3-7-16(15)23/h1-8,18,23H,9-13H2. The van der Waals surface area contributed by atoms with Gasteiger partial charge >= 0.3 is 6.61 Å². The molecule has 1 saturated heterocycles. The summed E-state index contributed by atoms with van der Waals surface area (Å²) in [5.41, 5.74) is 1.59. The third kappa shape index (κ3) is 3.94. The van der Waals surface area contributed by atoms with Gasteiger partial charge in [0.15, 0.2) is 0 Å². The number of phenolic OH excluding ortho intramolecular Hbond substituents is 1. The molecule has 1 N–H and O–H groups in total. The maximum absolute atomic E-state index is 12.5. The summed E-state index contributed by atoms with van der Waals surface area (Å²) in [5.74, 6) is 0.511. The van der Waals surface area contributed by atoms with Gasteiger partial charge in [-0.15, -0.1) is 0 Å². The Morgan fingerprint density at radius 2 is 1.62 bits per heavy atom. The van der Waals surface area contributed by atoms with E-state index in [1.807, 2.05) is 24.3 Å². The van der Waals surface area contributed by atoms with Crippen LogP contribution in [0.5, 0.6) is 11.5 Å². The van der Waals surface area contributed by atoms with Crippen LogP contribution in [0.1, 0.15) is 5.56 Å². The van der Waals surface area contributed by atoms with Crippen LogP contribution in [0.25, 0.3) is 0 Å². The normalized spacial score (nSPS) is 15.7. The van der Waals surface area contributed by atoms with Crippen molar-refractivity contribution in [2.45, 2.75) is 13.2 Å². The molecule has 128 valence electrons. The lowest BCUT2D eigenvalue weighted by molar-refractivity contribution is -0.0507. The molecular weight excluding hydrogens is 314 g/mol. The smallest absolute Gasteiger partial charge is 0.387 e. The largest absolute Gasteiger partial charge is 0.506 e. The number of hydrogen-bond acceptors (Lipinski definition) is 4. The van der Waals surface area contributed by atoms with Gasteiger partial charge in [0, 0.05) is 38.3 Å². The zero-order valence-electron chi connectivity index (χ0n) is 13.2. The zero-order valence-corrected chi connectivity index (χ0v) is 13.2. The van der Waals surface area contributed by atoms with E-state index in [0.29, 0.717) is 6.54 Å². The molecule has 2 aromatic rings. The lowest BCUT2D eigenvalue weighted by Gasteiger charge is -2.36. The number of rotatable bonds is 5. The molecule has 1 heterocycles. The van der Waals surface area contributed by atoms with Crippen molar-refractivity contribution >= 4 is 5.69 Å². The Morgan fingerprint density at radius 1 is 0.958 bits per heavy atom. The van der Waals surface area contributed by atoms with Crippen LogP contribution in [0, 0.1) is 0 Å². The SMILES string of the molecule is Oc1ccccc1N1CCN(Cc2ccccc2OC(F)F)CC1. The first kappa shape index (κ1) is 16.5. The lowest BCUT2D eigenvalue weighted by atomic mass is 10.1. The van der Waals surface area contributed by atoms with Crippen LogP contribution in [-0.4, -0.2) is 42.8 Å². The minimum absolute atomic E-state index is 0.232. The molecule has 1 aliphatic heterocycles. The van der Waals surface area contributed by atoms with Crippen molar-refractivity contribution in [3.05, 3.63) is 54.1 Å². The second kappa shape index (κ2) is 7.49. The first-order valence-corrected chi connectivity index (χ1v) is 7.91. The number of piperazine rings is 1. The molecule has 0 spiro atoms. The number of ether oxygens (including phenoxy) is 1. The van der Waals surface area contributed by atoms with E-state index < -0.39 is 6.61 Å². The third-order valence-corrected chi connectivity index (χ3v) is 4.18. The summed E-state index contributed by atoms with van der Waals surface area (Å²) in [6, 6.07) is 14.2. The monoisotopic (exact) mass is 334 g/mol. The van der Waals surface area contributed by atoms with Gasteiger partial charge in [-0.2, -0.15) is 8.78 Å². The van der Waals surface area contributed by atoms with E-state index in [9.17, 15) is 13.9 Å². The number of nitrogens with zero attached hydrogens (tertiary/aromatic N) is 2. The van der Waals surface area contributed by atoms with Gasteiger partial charge in [-0.05, 0) is 18.2 Å². The fourth-order valence-electron chi connectivity index (χ4n) is 2.96. The number of benzene rings is 2. The van der Waals surface area contributed by atoms with Gasteiger partial charge in [0.2, 0.25) is 0 Å². The second-order valence-electron chi connectivity index (χ2n) is 5.74. The molecule has 1 fully saturated rings. The molecule has 0 amide bonds. The summed E-state index contributed by atoms with van der Waals surface area (Å²) in [5, 5.41) is 9.94. The van der Waals surface area contributed by atoms with Gasteiger partial charge in [-0.25, -0.2) is 0 Å². The quantitative estimate of drug-likeness (QED) is 0.910. The molecule has 24 heavy (non-hydrogen) atoms. The summed E-state index contributed by atoms with van der Waals surface area (Å²) in [7, 11) is 0. The predicted molar refractivity (Wildman–Crippen MR) is 88.7 cm³/mol. The van der Waals surface area contributed by atoms with E-state index in [0.717, 1.165) is 37.4 Å². The number of hydrogen-bond donors (Lipinski definition) is 1. The van der Waals surface area contributed by atoms with E-state index in [4.69, 9.17) is 0 Å². The average Bonchev–Trinajstić information content (AvgIpc) is 2.57. The van der Waals surface area contributed by atoms with Crippen LogP contribution in [-0.2, 0) is 6.54 Å². The molecule has 0 aliphatic carbocycles. The van der Waals surface area contributed by atoms with Crippen molar-refractivity contribution in [2.75, 3.05) is 31.1 Å². The van der Waals surface area contributed by atoms with Crippen LogP contribution < -0.4 is 9.64 Å². The molecule has 1 aliphatic rings. The second-order valence-corrected chi connectivity index (χ2v) is 5.74. The molecule has 2 aromatic carbocycles. The highest BCUT2D eigenvalue weighted by molar-refractivity contribution is 5.57. The minimum Gasteiger partial charge on any atom is -0.506 e. The minimum atomic E-state index is -2.82. The molecule has 0 unspecified atom stereocenters. The van der Waals surface area contributed by atoms with Crippen LogP contribution >= 0.6 is 0 Å². The zero-order chi connectivity index (χ0) is 16.9. The maximum Gasteiger partial charge on any atom is 0.387 e. The first-order chi connectivity index (χ1) is 11.6. The van der Waals surface area contributed by atoms with Gasteiger partial charge in [-0.3, -0.25) is 4.90 Å². The Hall–Kier alpha value is -2.34.